The fourth-order valence-corrected chi connectivity index (χ4v) is 1.65. The zero-order chi connectivity index (χ0) is 14.3. The molecule has 0 bridgehead atoms. The van der Waals surface area contributed by atoms with Gasteiger partial charge in [-0.3, -0.25) is 0 Å². The summed E-state index contributed by atoms with van der Waals surface area (Å²) in [5.41, 5.74) is 5.06. The minimum absolute atomic E-state index is 0.251. The fourth-order valence-electron chi connectivity index (χ4n) is 1.65. The van der Waals surface area contributed by atoms with Crippen LogP contribution >= 0.6 is 0 Å². The summed E-state index contributed by atoms with van der Waals surface area (Å²) in [6.45, 7) is 9.43. The van der Waals surface area contributed by atoms with E-state index in [9.17, 15) is 5.11 Å². The van der Waals surface area contributed by atoms with Crippen LogP contribution in [0.25, 0.3) is 0 Å². The molecule has 0 saturated carbocycles. The molecule has 1 aromatic carbocycles. The molecule has 0 heterocycles. The summed E-state index contributed by atoms with van der Waals surface area (Å²) in [5.74, 6) is 1.26. The van der Waals surface area contributed by atoms with Gasteiger partial charge in [0.2, 0.25) is 0 Å². The highest BCUT2D eigenvalue weighted by atomic mass is 16.6. The van der Waals surface area contributed by atoms with Crippen molar-refractivity contribution in [2.75, 3.05) is 19.8 Å². The Morgan fingerprint density at radius 1 is 1.11 bits per heavy atom. The van der Waals surface area contributed by atoms with Gasteiger partial charge in [-0.15, -0.1) is 0 Å². The maximum absolute atomic E-state index is 9.75. The van der Waals surface area contributed by atoms with Crippen molar-refractivity contribution in [2.45, 2.75) is 33.8 Å². The van der Waals surface area contributed by atoms with Gasteiger partial charge in [0.1, 0.15) is 18.5 Å². The first-order valence-corrected chi connectivity index (χ1v) is 6.71. The standard InChI is InChI=1S/C15H25NO3/c1-11(2)9-19-16-8-14(17)10-18-15-6-12(3)5-13(4)7-15/h5-7,11,14,16-17H,8-10H2,1-4H3. The molecule has 1 atom stereocenters. The van der Waals surface area contributed by atoms with Crippen LogP contribution in [-0.2, 0) is 4.84 Å². The van der Waals surface area contributed by atoms with E-state index in [2.05, 4.69) is 25.4 Å². The van der Waals surface area contributed by atoms with Crippen LogP contribution in [0.4, 0.5) is 0 Å². The van der Waals surface area contributed by atoms with Crippen molar-refractivity contribution in [2.24, 2.45) is 5.92 Å². The number of benzene rings is 1. The Kier molecular flexibility index (Phi) is 6.84. The number of nitrogens with one attached hydrogen (secondary N) is 1. The van der Waals surface area contributed by atoms with Gasteiger partial charge in [0.25, 0.3) is 0 Å². The minimum atomic E-state index is -0.590. The van der Waals surface area contributed by atoms with Gasteiger partial charge < -0.3 is 14.7 Å². The number of aliphatic hydroxyl groups excluding tert-OH is 1. The van der Waals surface area contributed by atoms with E-state index in [0.29, 0.717) is 19.1 Å². The fraction of sp³-hybridized carbons (Fsp3) is 0.600. The van der Waals surface area contributed by atoms with Gasteiger partial charge >= 0.3 is 0 Å². The van der Waals surface area contributed by atoms with E-state index in [1.54, 1.807) is 0 Å². The Hall–Kier alpha value is -1.10. The van der Waals surface area contributed by atoms with Gasteiger partial charge in [-0.05, 0) is 43.0 Å². The summed E-state index contributed by atoms with van der Waals surface area (Å²) in [5, 5.41) is 9.75. The highest BCUT2D eigenvalue weighted by Gasteiger charge is 2.06. The number of aliphatic hydroxyl groups is 1. The number of hydrogen-bond acceptors (Lipinski definition) is 4. The number of ether oxygens (including phenoxy) is 1. The lowest BCUT2D eigenvalue weighted by molar-refractivity contribution is -0.00774. The van der Waals surface area contributed by atoms with E-state index in [1.165, 1.54) is 0 Å². The van der Waals surface area contributed by atoms with Crippen LogP contribution in [0.15, 0.2) is 18.2 Å². The highest BCUT2D eigenvalue weighted by Crippen LogP contribution is 2.16. The Morgan fingerprint density at radius 3 is 2.32 bits per heavy atom. The molecule has 0 aliphatic carbocycles. The largest absolute Gasteiger partial charge is 0.491 e. The van der Waals surface area contributed by atoms with Crippen LogP contribution in [0.2, 0.25) is 0 Å². The molecular weight excluding hydrogens is 242 g/mol. The van der Waals surface area contributed by atoms with Crippen molar-refractivity contribution in [1.82, 2.24) is 5.48 Å². The third-order valence-corrected chi connectivity index (χ3v) is 2.48. The van der Waals surface area contributed by atoms with Gasteiger partial charge in [-0.1, -0.05) is 19.9 Å². The minimum Gasteiger partial charge on any atom is -0.491 e. The van der Waals surface area contributed by atoms with Crippen molar-refractivity contribution in [1.29, 1.82) is 0 Å². The molecule has 108 valence electrons. The SMILES string of the molecule is Cc1cc(C)cc(OCC(O)CNOCC(C)C)c1. The molecule has 0 fully saturated rings. The molecule has 0 aromatic heterocycles. The summed E-state index contributed by atoms with van der Waals surface area (Å²) < 4.78 is 5.56. The third kappa shape index (κ3) is 7.15. The summed E-state index contributed by atoms with van der Waals surface area (Å²) in [6.07, 6.45) is -0.590. The van der Waals surface area contributed by atoms with E-state index in [-0.39, 0.29) is 6.61 Å². The Bertz CT molecular complexity index is 359. The van der Waals surface area contributed by atoms with Crippen molar-refractivity contribution >= 4 is 0 Å². The topological polar surface area (TPSA) is 50.7 Å². The number of rotatable bonds is 8. The maximum atomic E-state index is 9.75. The molecular formula is C15H25NO3. The first-order chi connectivity index (χ1) is 8.97. The average molecular weight is 267 g/mol. The molecule has 0 spiro atoms. The first-order valence-electron chi connectivity index (χ1n) is 6.71. The second-order valence-electron chi connectivity index (χ2n) is 5.34. The van der Waals surface area contributed by atoms with Gasteiger partial charge in [0.15, 0.2) is 0 Å². The lowest BCUT2D eigenvalue weighted by Crippen LogP contribution is -2.32. The molecule has 0 aliphatic heterocycles. The normalized spacial score (nSPS) is 12.7. The van der Waals surface area contributed by atoms with Crippen LogP contribution in [0.3, 0.4) is 0 Å². The van der Waals surface area contributed by atoms with E-state index in [0.717, 1.165) is 16.9 Å². The second kappa shape index (κ2) is 8.15. The van der Waals surface area contributed by atoms with Crippen LogP contribution in [-0.4, -0.2) is 31.0 Å². The Labute approximate surface area is 115 Å². The van der Waals surface area contributed by atoms with Crippen LogP contribution in [0.1, 0.15) is 25.0 Å². The van der Waals surface area contributed by atoms with Crippen molar-refractivity contribution in [3.63, 3.8) is 0 Å². The molecule has 0 saturated heterocycles. The summed E-state index contributed by atoms with van der Waals surface area (Å²) in [6, 6.07) is 6.01. The molecule has 0 radical (unpaired) electrons. The van der Waals surface area contributed by atoms with E-state index in [1.807, 2.05) is 26.0 Å². The zero-order valence-corrected chi connectivity index (χ0v) is 12.3. The molecule has 1 aromatic rings. The molecule has 1 unspecified atom stereocenters. The van der Waals surface area contributed by atoms with Crippen LogP contribution in [0.5, 0.6) is 5.75 Å². The predicted octanol–water partition coefficient (Wildman–Crippen LogP) is 2.22. The maximum Gasteiger partial charge on any atom is 0.119 e. The lowest BCUT2D eigenvalue weighted by Gasteiger charge is -2.14. The van der Waals surface area contributed by atoms with Crippen LogP contribution in [0, 0.1) is 19.8 Å². The predicted molar refractivity (Wildman–Crippen MR) is 76.2 cm³/mol. The summed E-state index contributed by atoms with van der Waals surface area (Å²) in [4.78, 5) is 5.19. The van der Waals surface area contributed by atoms with Gasteiger partial charge in [0, 0.05) is 0 Å². The Balaban J connectivity index is 2.24. The molecule has 19 heavy (non-hydrogen) atoms. The third-order valence-electron chi connectivity index (χ3n) is 2.48. The molecule has 4 nitrogen and oxygen atoms in total. The Morgan fingerprint density at radius 2 is 1.74 bits per heavy atom. The van der Waals surface area contributed by atoms with Crippen molar-refractivity contribution in [3.05, 3.63) is 29.3 Å². The number of hydroxylamine groups is 1. The second-order valence-corrected chi connectivity index (χ2v) is 5.34. The first kappa shape index (κ1) is 16.0. The quantitative estimate of drug-likeness (QED) is 0.560. The lowest BCUT2D eigenvalue weighted by atomic mass is 10.1. The average Bonchev–Trinajstić information content (AvgIpc) is 2.31. The monoisotopic (exact) mass is 267 g/mol. The van der Waals surface area contributed by atoms with Crippen molar-refractivity contribution in [3.8, 4) is 5.75 Å². The molecule has 4 heteroatoms. The summed E-state index contributed by atoms with van der Waals surface area (Å²) >= 11 is 0. The summed E-state index contributed by atoms with van der Waals surface area (Å²) in [7, 11) is 0. The number of aryl methyl sites for hydroxylation is 2. The van der Waals surface area contributed by atoms with Gasteiger partial charge in [0.05, 0.1) is 13.2 Å². The van der Waals surface area contributed by atoms with E-state index < -0.39 is 6.10 Å². The van der Waals surface area contributed by atoms with E-state index in [4.69, 9.17) is 9.57 Å². The molecule has 0 amide bonds. The van der Waals surface area contributed by atoms with Crippen molar-refractivity contribution < 1.29 is 14.7 Å². The van der Waals surface area contributed by atoms with Crippen LogP contribution < -0.4 is 10.2 Å². The highest BCUT2D eigenvalue weighted by molar-refractivity contribution is 5.32. The van der Waals surface area contributed by atoms with E-state index >= 15 is 0 Å². The number of hydrogen-bond donors (Lipinski definition) is 2. The zero-order valence-electron chi connectivity index (χ0n) is 12.3. The molecule has 0 aliphatic rings. The van der Waals surface area contributed by atoms with Gasteiger partial charge in [-0.25, -0.2) is 0 Å². The molecule has 1 rings (SSSR count). The van der Waals surface area contributed by atoms with Gasteiger partial charge in [-0.2, -0.15) is 5.48 Å². The molecule has 2 N–H and O–H groups in total. The smallest absolute Gasteiger partial charge is 0.119 e.